The quantitative estimate of drug-likeness (QED) is 0.405. The zero-order valence-electron chi connectivity index (χ0n) is 20.6. The van der Waals surface area contributed by atoms with Gasteiger partial charge in [-0.3, -0.25) is 14.4 Å². The molecule has 192 valence electrons. The zero-order valence-corrected chi connectivity index (χ0v) is 20.6. The Morgan fingerprint density at radius 1 is 0.861 bits per heavy atom. The van der Waals surface area contributed by atoms with Gasteiger partial charge in [-0.05, 0) is 93.3 Å². The van der Waals surface area contributed by atoms with Crippen molar-refractivity contribution in [2.75, 3.05) is 19.7 Å². The Balaban J connectivity index is 1.19. The Morgan fingerprint density at radius 3 is 2.06 bits per heavy atom. The molecule has 0 unspecified atom stereocenters. The average molecular weight is 495 g/mol. The fourth-order valence-electron chi connectivity index (χ4n) is 4.55. The van der Waals surface area contributed by atoms with Gasteiger partial charge in [-0.15, -0.1) is 0 Å². The monoisotopic (exact) mass is 494 g/mol. The van der Waals surface area contributed by atoms with Crippen LogP contribution in [0.2, 0.25) is 0 Å². The Labute approximate surface area is 211 Å². The van der Waals surface area contributed by atoms with Crippen LogP contribution in [0.15, 0.2) is 42.5 Å². The van der Waals surface area contributed by atoms with Gasteiger partial charge in [-0.25, -0.2) is 0 Å². The molecule has 0 bridgehead atoms. The van der Waals surface area contributed by atoms with Crippen molar-refractivity contribution in [2.45, 2.75) is 57.5 Å². The first-order valence-electron chi connectivity index (χ1n) is 12.8. The van der Waals surface area contributed by atoms with Gasteiger partial charge in [0.15, 0.2) is 0 Å². The van der Waals surface area contributed by atoms with E-state index in [0.29, 0.717) is 68.2 Å². The highest BCUT2D eigenvalue weighted by molar-refractivity contribution is 5.95. The van der Waals surface area contributed by atoms with Crippen LogP contribution in [0.3, 0.4) is 0 Å². The molecule has 2 aromatic rings. The summed E-state index contributed by atoms with van der Waals surface area (Å²) in [6.07, 6.45) is 4.99. The smallest absolute Gasteiger partial charge is 0.306 e. The summed E-state index contributed by atoms with van der Waals surface area (Å²) in [4.78, 5) is 36.1. The minimum Gasteiger partial charge on any atom is -0.494 e. The molecular weight excluding hydrogens is 460 g/mol. The third-order valence-corrected chi connectivity index (χ3v) is 6.73. The Kier molecular flexibility index (Phi) is 8.46. The number of carbonyl (C=O) groups is 3. The Morgan fingerprint density at radius 2 is 1.47 bits per heavy atom. The van der Waals surface area contributed by atoms with E-state index in [9.17, 15) is 14.4 Å². The SMILES string of the molecule is CCOc1cc(C(=O)NCCNC(=O)c2ccc(OC3CCC(C(=O)O)CC3)cc2)ccc1C1CC1. The van der Waals surface area contributed by atoms with Crippen LogP contribution in [-0.4, -0.2) is 48.7 Å². The molecule has 2 amide bonds. The summed E-state index contributed by atoms with van der Waals surface area (Å²) in [7, 11) is 0. The van der Waals surface area contributed by atoms with Crippen LogP contribution >= 0.6 is 0 Å². The van der Waals surface area contributed by atoms with Crippen LogP contribution in [0.4, 0.5) is 0 Å². The normalized spacial score (nSPS) is 19.2. The molecule has 0 saturated heterocycles. The number of nitrogens with one attached hydrogen (secondary N) is 2. The lowest BCUT2D eigenvalue weighted by molar-refractivity contribution is -0.143. The van der Waals surface area contributed by atoms with E-state index in [2.05, 4.69) is 10.6 Å². The molecule has 2 saturated carbocycles. The van der Waals surface area contributed by atoms with Gasteiger partial charge in [0.05, 0.1) is 18.6 Å². The summed E-state index contributed by atoms with van der Waals surface area (Å²) in [5.41, 5.74) is 2.21. The van der Waals surface area contributed by atoms with Crippen LogP contribution in [0, 0.1) is 5.92 Å². The molecule has 36 heavy (non-hydrogen) atoms. The topological polar surface area (TPSA) is 114 Å². The van der Waals surface area contributed by atoms with Gasteiger partial charge in [0, 0.05) is 24.2 Å². The van der Waals surface area contributed by atoms with Gasteiger partial charge in [0.25, 0.3) is 11.8 Å². The third-order valence-electron chi connectivity index (χ3n) is 6.73. The molecule has 0 aliphatic heterocycles. The van der Waals surface area contributed by atoms with Gasteiger partial charge < -0.3 is 25.2 Å². The number of hydrogen-bond donors (Lipinski definition) is 3. The highest BCUT2D eigenvalue weighted by Gasteiger charge is 2.28. The van der Waals surface area contributed by atoms with Crippen LogP contribution in [-0.2, 0) is 4.79 Å². The van der Waals surface area contributed by atoms with E-state index in [-0.39, 0.29) is 23.8 Å². The fourth-order valence-corrected chi connectivity index (χ4v) is 4.55. The van der Waals surface area contributed by atoms with E-state index in [1.54, 1.807) is 30.3 Å². The van der Waals surface area contributed by atoms with E-state index >= 15 is 0 Å². The summed E-state index contributed by atoms with van der Waals surface area (Å²) in [6, 6.07) is 12.5. The maximum atomic E-state index is 12.5. The molecule has 0 spiro atoms. The molecule has 0 aromatic heterocycles. The van der Waals surface area contributed by atoms with E-state index < -0.39 is 5.97 Å². The second kappa shape index (κ2) is 11.9. The number of carbonyl (C=O) groups excluding carboxylic acids is 2. The minimum absolute atomic E-state index is 0.00147. The molecule has 0 radical (unpaired) electrons. The fraction of sp³-hybridized carbons (Fsp3) is 0.464. The summed E-state index contributed by atoms with van der Waals surface area (Å²) in [6.45, 7) is 3.09. The van der Waals surface area contributed by atoms with Crippen molar-refractivity contribution in [2.24, 2.45) is 5.92 Å². The molecule has 0 heterocycles. The molecule has 0 atom stereocenters. The van der Waals surface area contributed by atoms with E-state index in [1.807, 2.05) is 19.1 Å². The molecule has 8 nitrogen and oxygen atoms in total. The van der Waals surface area contributed by atoms with Crippen molar-refractivity contribution < 1.29 is 29.0 Å². The van der Waals surface area contributed by atoms with Crippen LogP contribution < -0.4 is 20.1 Å². The third kappa shape index (κ3) is 6.77. The van der Waals surface area contributed by atoms with Crippen molar-refractivity contribution in [3.8, 4) is 11.5 Å². The van der Waals surface area contributed by atoms with Gasteiger partial charge in [-0.1, -0.05) is 6.07 Å². The number of ether oxygens (including phenoxy) is 2. The first-order valence-corrected chi connectivity index (χ1v) is 12.8. The first-order chi connectivity index (χ1) is 17.4. The summed E-state index contributed by atoms with van der Waals surface area (Å²) < 4.78 is 11.7. The number of carboxylic acids is 1. The molecule has 2 fully saturated rings. The number of carboxylic acid groups (broad SMARTS) is 1. The molecular formula is C28H34N2O6. The number of amides is 2. The summed E-state index contributed by atoms with van der Waals surface area (Å²) >= 11 is 0. The maximum Gasteiger partial charge on any atom is 0.306 e. The van der Waals surface area contributed by atoms with Crippen molar-refractivity contribution in [3.05, 3.63) is 59.2 Å². The predicted octanol–water partition coefficient (Wildman–Crippen LogP) is 4.14. The lowest BCUT2D eigenvalue weighted by Gasteiger charge is -2.26. The highest BCUT2D eigenvalue weighted by Crippen LogP contribution is 2.44. The van der Waals surface area contributed by atoms with Gasteiger partial charge in [0.2, 0.25) is 0 Å². The molecule has 2 aliphatic rings. The number of benzene rings is 2. The Bertz CT molecular complexity index is 1070. The van der Waals surface area contributed by atoms with Crippen LogP contribution in [0.5, 0.6) is 11.5 Å². The first kappa shape index (κ1) is 25.5. The summed E-state index contributed by atoms with van der Waals surface area (Å²) in [5, 5.41) is 14.8. The van der Waals surface area contributed by atoms with E-state index in [4.69, 9.17) is 14.6 Å². The zero-order chi connectivity index (χ0) is 25.5. The molecule has 2 aromatic carbocycles. The van der Waals surface area contributed by atoms with Crippen LogP contribution in [0.25, 0.3) is 0 Å². The molecule has 4 rings (SSSR count). The number of hydrogen-bond acceptors (Lipinski definition) is 5. The maximum absolute atomic E-state index is 12.5. The minimum atomic E-state index is -0.735. The summed E-state index contributed by atoms with van der Waals surface area (Å²) in [5.74, 6) is 0.538. The van der Waals surface area contributed by atoms with Gasteiger partial charge in [-0.2, -0.15) is 0 Å². The lowest BCUT2D eigenvalue weighted by atomic mass is 9.87. The van der Waals surface area contributed by atoms with E-state index in [0.717, 1.165) is 18.6 Å². The second-order valence-electron chi connectivity index (χ2n) is 9.43. The molecule has 2 aliphatic carbocycles. The Hall–Kier alpha value is -3.55. The molecule has 8 heteroatoms. The van der Waals surface area contributed by atoms with Crippen molar-refractivity contribution in [3.63, 3.8) is 0 Å². The van der Waals surface area contributed by atoms with Gasteiger partial charge >= 0.3 is 5.97 Å². The van der Waals surface area contributed by atoms with Gasteiger partial charge in [0.1, 0.15) is 11.5 Å². The second-order valence-corrected chi connectivity index (χ2v) is 9.43. The lowest BCUT2D eigenvalue weighted by Crippen LogP contribution is -2.34. The van der Waals surface area contributed by atoms with Crippen molar-refractivity contribution >= 4 is 17.8 Å². The van der Waals surface area contributed by atoms with E-state index in [1.165, 1.54) is 5.56 Å². The number of rotatable bonds is 11. The predicted molar refractivity (Wildman–Crippen MR) is 135 cm³/mol. The highest BCUT2D eigenvalue weighted by atomic mass is 16.5. The number of aliphatic carboxylic acids is 1. The standard InChI is InChI=1S/C28H34N2O6/c1-2-35-25-17-21(9-14-24(25)18-3-4-18)27(32)30-16-15-29-26(31)19-5-10-22(11-6-19)36-23-12-7-20(8-13-23)28(33)34/h5-6,9-11,14,17-18,20,23H,2-4,7-8,12-13,15-16H2,1H3,(H,29,31)(H,30,32)(H,33,34). The van der Waals surface area contributed by atoms with Crippen molar-refractivity contribution in [1.82, 2.24) is 10.6 Å². The average Bonchev–Trinajstić information content (AvgIpc) is 3.73. The van der Waals surface area contributed by atoms with Crippen molar-refractivity contribution in [1.29, 1.82) is 0 Å². The molecule has 3 N–H and O–H groups in total. The largest absolute Gasteiger partial charge is 0.494 e. The van der Waals surface area contributed by atoms with Crippen LogP contribution in [0.1, 0.15) is 77.6 Å².